The normalized spacial score (nSPS) is 17.4. The van der Waals surface area contributed by atoms with Gasteiger partial charge in [-0.05, 0) is 31.9 Å². The first-order valence-electron chi connectivity index (χ1n) is 10.1. The lowest BCUT2D eigenvalue weighted by molar-refractivity contribution is 0.189. The molecular weight excluding hydrogens is 403 g/mol. The minimum absolute atomic E-state index is 0.0221. The number of nitrogens with zero attached hydrogens (tertiary/aromatic N) is 6. The van der Waals surface area contributed by atoms with E-state index < -0.39 is 11.4 Å². The van der Waals surface area contributed by atoms with Crippen molar-refractivity contribution >= 4 is 16.6 Å². The Balaban J connectivity index is 1.82. The molecule has 1 fully saturated rings. The third-order valence-corrected chi connectivity index (χ3v) is 5.87. The number of nitriles is 1. The summed E-state index contributed by atoms with van der Waals surface area (Å²) in [6, 6.07) is 4.39. The van der Waals surface area contributed by atoms with Crippen LogP contribution < -0.4 is 5.56 Å². The maximum Gasteiger partial charge on any atom is 0.278 e. The molecule has 2 unspecified atom stereocenters. The van der Waals surface area contributed by atoms with E-state index in [1.807, 2.05) is 19.9 Å². The molecule has 0 bridgehead atoms. The highest BCUT2D eigenvalue weighted by molar-refractivity contribution is 5.87. The fraction of sp³-hybridized carbons (Fsp3) is 0.381. The van der Waals surface area contributed by atoms with Crippen molar-refractivity contribution < 1.29 is 13.7 Å². The monoisotopic (exact) mass is 422 g/mol. The van der Waals surface area contributed by atoms with E-state index in [-0.39, 0.29) is 40.1 Å². The maximum atomic E-state index is 14.4. The van der Waals surface area contributed by atoms with Crippen LogP contribution in [0.1, 0.15) is 50.1 Å². The number of rotatable bonds is 4. The lowest BCUT2D eigenvalue weighted by Crippen LogP contribution is -2.26. The average Bonchev–Trinajstić information content (AvgIpc) is 3.53. The fourth-order valence-electron chi connectivity index (χ4n) is 4.04. The van der Waals surface area contributed by atoms with Gasteiger partial charge in [0.2, 0.25) is 11.7 Å². The molecule has 0 saturated carbocycles. The molecule has 3 aromatic heterocycles. The smallest absolute Gasteiger partial charge is 0.278 e. The van der Waals surface area contributed by atoms with Crippen molar-refractivity contribution in [2.45, 2.75) is 38.6 Å². The standard InChI is InChI=1S/C21H19FN6O3/c1-3-11(2)28-17-13(8-23)14(22)4-5-15(17)27-10-24-16(18(27)21(28)29)19-25-20(31-26-19)12-6-7-30-9-12/h4-5,10-12H,3,6-7,9H2,1-2H3. The molecule has 5 rings (SSSR count). The topological polar surface area (TPSA) is 111 Å². The molecule has 2 atom stereocenters. The van der Waals surface area contributed by atoms with Crippen molar-refractivity contribution in [3.8, 4) is 17.6 Å². The molecule has 0 N–H and O–H groups in total. The maximum absolute atomic E-state index is 14.4. The Morgan fingerprint density at radius 1 is 1.39 bits per heavy atom. The first-order chi connectivity index (χ1) is 15.0. The van der Waals surface area contributed by atoms with E-state index in [2.05, 4.69) is 15.1 Å². The van der Waals surface area contributed by atoms with Gasteiger partial charge < -0.3 is 13.8 Å². The second-order valence-corrected chi connectivity index (χ2v) is 7.66. The van der Waals surface area contributed by atoms with Crippen LogP contribution in [0.5, 0.6) is 0 Å². The first-order valence-corrected chi connectivity index (χ1v) is 10.1. The van der Waals surface area contributed by atoms with Gasteiger partial charge in [0, 0.05) is 12.6 Å². The molecule has 4 heterocycles. The number of halogens is 1. The van der Waals surface area contributed by atoms with E-state index in [9.17, 15) is 14.4 Å². The predicted molar refractivity (Wildman–Crippen MR) is 108 cm³/mol. The van der Waals surface area contributed by atoms with E-state index in [4.69, 9.17) is 9.26 Å². The van der Waals surface area contributed by atoms with Crippen molar-refractivity contribution in [1.29, 1.82) is 5.26 Å². The zero-order valence-electron chi connectivity index (χ0n) is 17.0. The Morgan fingerprint density at radius 2 is 2.23 bits per heavy atom. The van der Waals surface area contributed by atoms with Crippen molar-refractivity contribution in [3.05, 3.63) is 46.1 Å². The van der Waals surface area contributed by atoms with Crippen molar-refractivity contribution in [3.63, 3.8) is 0 Å². The number of benzene rings is 1. The summed E-state index contributed by atoms with van der Waals surface area (Å²) in [5, 5.41) is 13.6. The molecule has 158 valence electrons. The minimum atomic E-state index is -0.673. The molecule has 1 saturated heterocycles. The minimum Gasteiger partial charge on any atom is -0.381 e. The Bertz CT molecular complexity index is 1410. The zero-order chi connectivity index (χ0) is 21.7. The SMILES string of the molecule is CCC(C)n1c(=O)c2c(-c3noc(C4CCOC4)n3)ncn2c2ccc(F)c(C#N)c21. The molecule has 4 aromatic rings. The lowest BCUT2D eigenvalue weighted by atomic mass is 10.1. The quantitative estimate of drug-likeness (QED) is 0.496. The summed E-state index contributed by atoms with van der Waals surface area (Å²) in [4.78, 5) is 22.4. The van der Waals surface area contributed by atoms with Gasteiger partial charge in [0.1, 0.15) is 35.0 Å². The summed E-state index contributed by atoms with van der Waals surface area (Å²) >= 11 is 0. The van der Waals surface area contributed by atoms with Crippen LogP contribution in [0.25, 0.3) is 28.1 Å². The molecule has 0 spiro atoms. The molecule has 9 nitrogen and oxygen atoms in total. The highest BCUT2D eigenvalue weighted by atomic mass is 19.1. The van der Waals surface area contributed by atoms with Gasteiger partial charge in [-0.3, -0.25) is 9.20 Å². The fourth-order valence-corrected chi connectivity index (χ4v) is 4.04. The Kier molecular flexibility index (Phi) is 4.55. The van der Waals surface area contributed by atoms with Gasteiger partial charge in [-0.2, -0.15) is 10.2 Å². The molecule has 0 aliphatic carbocycles. The molecule has 31 heavy (non-hydrogen) atoms. The Labute approximate surface area is 175 Å². The van der Waals surface area contributed by atoms with Crippen LogP contribution in [0.3, 0.4) is 0 Å². The van der Waals surface area contributed by atoms with Gasteiger partial charge in [0.05, 0.1) is 23.6 Å². The predicted octanol–water partition coefficient (Wildman–Crippen LogP) is 3.18. The summed E-state index contributed by atoms with van der Waals surface area (Å²) < 4.78 is 28.2. The van der Waals surface area contributed by atoms with Gasteiger partial charge in [-0.1, -0.05) is 12.1 Å². The summed E-state index contributed by atoms with van der Waals surface area (Å²) in [6.07, 6.45) is 2.87. The average molecular weight is 422 g/mol. The van der Waals surface area contributed by atoms with E-state index in [1.165, 1.54) is 17.0 Å². The summed E-state index contributed by atoms with van der Waals surface area (Å²) in [5.74, 6) is 0.00586. The van der Waals surface area contributed by atoms with Crippen LogP contribution in [0, 0.1) is 17.1 Å². The summed E-state index contributed by atoms with van der Waals surface area (Å²) in [5.41, 5.74) is 0.705. The number of aromatic nitrogens is 5. The zero-order valence-corrected chi connectivity index (χ0v) is 17.0. The Morgan fingerprint density at radius 3 is 2.94 bits per heavy atom. The third-order valence-electron chi connectivity index (χ3n) is 5.87. The number of imidazole rings is 1. The molecule has 10 heteroatoms. The highest BCUT2D eigenvalue weighted by Gasteiger charge is 2.27. The van der Waals surface area contributed by atoms with Crippen LogP contribution >= 0.6 is 0 Å². The second-order valence-electron chi connectivity index (χ2n) is 7.66. The van der Waals surface area contributed by atoms with Crippen molar-refractivity contribution in [1.82, 2.24) is 24.1 Å². The van der Waals surface area contributed by atoms with Gasteiger partial charge in [0.25, 0.3) is 5.56 Å². The number of ether oxygens (including phenoxy) is 1. The van der Waals surface area contributed by atoms with Gasteiger partial charge >= 0.3 is 0 Å². The largest absolute Gasteiger partial charge is 0.381 e. The van der Waals surface area contributed by atoms with E-state index in [0.29, 0.717) is 31.0 Å². The van der Waals surface area contributed by atoms with Crippen LogP contribution in [0.4, 0.5) is 4.39 Å². The second kappa shape index (κ2) is 7.28. The van der Waals surface area contributed by atoms with Crippen LogP contribution in [-0.4, -0.2) is 37.3 Å². The highest BCUT2D eigenvalue weighted by Crippen LogP contribution is 2.29. The number of fused-ring (bicyclic) bond motifs is 3. The summed E-state index contributed by atoms with van der Waals surface area (Å²) in [6.45, 7) is 4.93. The molecule has 1 aliphatic rings. The van der Waals surface area contributed by atoms with E-state index in [1.54, 1.807) is 10.5 Å². The Hall–Kier alpha value is -3.58. The first kappa shape index (κ1) is 19.4. The molecule has 1 aromatic carbocycles. The number of hydrogen-bond donors (Lipinski definition) is 0. The van der Waals surface area contributed by atoms with Gasteiger partial charge in [-0.15, -0.1) is 0 Å². The van der Waals surface area contributed by atoms with Gasteiger partial charge in [0.15, 0.2) is 0 Å². The van der Waals surface area contributed by atoms with Crippen LogP contribution in [0.15, 0.2) is 27.8 Å². The van der Waals surface area contributed by atoms with E-state index in [0.717, 1.165) is 6.42 Å². The molecule has 1 aliphatic heterocycles. The molecule has 0 amide bonds. The van der Waals surface area contributed by atoms with Crippen molar-refractivity contribution in [2.75, 3.05) is 13.2 Å². The van der Waals surface area contributed by atoms with Crippen LogP contribution in [0.2, 0.25) is 0 Å². The third kappa shape index (κ3) is 2.84. The van der Waals surface area contributed by atoms with Crippen LogP contribution in [-0.2, 0) is 4.74 Å². The number of hydrogen-bond acceptors (Lipinski definition) is 7. The van der Waals surface area contributed by atoms with Crippen molar-refractivity contribution in [2.24, 2.45) is 0 Å². The lowest BCUT2D eigenvalue weighted by Gasteiger charge is -2.18. The van der Waals surface area contributed by atoms with E-state index >= 15 is 0 Å². The molecule has 0 radical (unpaired) electrons. The van der Waals surface area contributed by atoms with Gasteiger partial charge in [-0.25, -0.2) is 9.37 Å². The molecular formula is C21H19FN6O3. The summed E-state index contributed by atoms with van der Waals surface area (Å²) in [7, 11) is 0.